The third-order valence-corrected chi connectivity index (χ3v) is 4.52. The van der Waals surface area contributed by atoms with E-state index in [1.54, 1.807) is 0 Å². The molecule has 1 heteroatoms. The van der Waals surface area contributed by atoms with Crippen molar-refractivity contribution in [3.05, 3.63) is 95.1 Å². The third-order valence-electron chi connectivity index (χ3n) is 4.52. The van der Waals surface area contributed by atoms with Gasteiger partial charge in [-0.15, -0.1) is 0 Å². The topological polar surface area (TPSA) is 3.24 Å². The normalized spacial score (nSPS) is 13.0. The van der Waals surface area contributed by atoms with Crippen LogP contribution in [0.2, 0.25) is 0 Å². The fraction of sp³-hybridized carbons (Fsp3) is 0.0909. The van der Waals surface area contributed by atoms with Gasteiger partial charge in [0, 0.05) is 24.0 Å². The molecule has 0 amide bonds. The van der Waals surface area contributed by atoms with E-state index >= 15 is 0 Å². The van der Waals surface area contributed by atoms with Crippen molar-refractivity contribution >= 4 is 23.0 Å². The van der Waals surface area contributed by atoms with Crippen molar-refractivity contribution in [2.45, 2.75) is 6.92 Å². The Morgan fingerprint density at radius 2 is 1.35 bits per heavy atom. The molecule has 0 spiro atoms. The van der Waals surface area contributed by atoms with Gasteiger partial charge in [-0.3, -0.25) is 0 Å². The lowest BCUT2D eigenvalue weighted by atomic mass is 9.95. The number of para-hydroxylation sites is 2. The molecule has 0 aromatic heterocycles. The van der Waals surface area contributed by atoms with Crippen LogP contribution in [0, 0.1) is 6.92 Å². The van der Waals surface area contributed by atoms with E-state index in [9.17, 15) is 0 Å². The second-order valence-corrected chi connectivity index (χ2v) is 6.06. The fourth-order valence-corrected chi connectivity index (χ4v) is 3.24. The van der Waals surface area contributed by atoms with Gasteiger partial charge in [-0.05, 0) is 41.8 Å². The first-order valence-corrected chi connectivity index (χ1v) is 7.95. The lowest BCUT2D eigenvalue weighted by molar-refractivity contribution is 1.20. The highest BCUT2D eigenvalue weighted by atomic mass is 15.1. The summed E-state index contributed by atoms with van der Waals surface area (Å²) in [5.74, 6) is 0. The minimum absolute atomic E-state index is 1.24. The number of aryl methyl sites for hydroxylation is 1. The second kappa shape index (κ2) is 5.44. The Kier molecular flexibility index (Phi) is 3.27. The molecule has 0 saturated heterocycles. The van der Waals surface area contributed by atoms with E-state index in [0.717, 1.165) is 0 Å². The molecule has 0 fully saturated rings. The first kappa shape index (κ1) is 13.8. The monoisotopic (exact) mass is 297 g/mol. The Balaban J connectivity index is 2.01. The van der Waals surface area contributed by atoms with Crippen LogP contribution in [-0.2, 0) is 0 Å². The van der Waals surface area contributed by atoms with Gasteiger partial charge in [-0.2, -0.15) is 0 Å². The maximum Gasteiger partial charge on any atom is 0.0488 e. The maximum absolute atomic E-state index is 2.31. The van der Waals surface area contributed by atoms with Gasteiger partial charge < -0.3 is 4.90 Å². The van der Waals surface area contributed by atoms with E-state index in [1.807, 2.05) is 0 Å². The van der Waals surface area contributed by atoms with Crippen molar-refractivity contribution in [1.82, 2.24) is 0 Å². The highest BCUT2D eigenvalue weighted by Crippen LogP contribution is 2.40. The smallest absolute Gasteiger partial charge is 0.0488 e. The molecule has 0 saturated carbocycles. The zero-order valence-electron chi connectivity index (χ0n) is 13.5. The van der Waals surface area contributed by atoms with E-state index in [-0.39, 0.29) is 0 Å². The maximum atomic E-state index is 2.31. The molecule has 1 aliphatic rings. The minimum atomic E-state index is 1.24. The number of hydrogen-bond acceptors (Lipinski definition) is 1. The summed E-state index contributed by atoms with van der Waals surface area (Å²) in [6.07, 6.45) is 2.31. The molecule has 0 radical (unpaired) electrons. The molecule has 1 heterocycles. The number of hydrogen-bond donors (Lipinski definition) is 0. The van der Waals surface area contributed by atoms with Crippen molar-refractivity contribution in [2.24, 2.45) is 0 Å². The van der Waals surface area contributed by atoms with Crippen LogP contribution in [0.5, 0.6) is 0 Å². The highest BCUT2D eigenvalue weighted by Gasteiger charge is 2.19. The predicted molar refractivity (Wildman–Crippen MR) is 99.1 cm³/mol. The molecule has 0 atom stereocenters. The summed E-state index contributed by atoms with van der Waals surface area (Å²) in [6.45, 7) is 2.13. The van der Waals surface area contributed by atoms with Gasteiger partial charge in [0.1, 0.15) is 0 Å². The lowest BCUT2D eigenvalue weighted by Gasteiger charge is -2.22. The van der Waals surface area contributed by atoms with Crippen LogP contribution >= 0.6 is 0 Å². The first-order chi connectivity index (χ1) is 11.2. The summed E-state index contributed by atoms with van der Waals surface area (Å²) >= 11 is 0. The van der Waals surface area contributed by atoms with Gasteiger partial charge in [0.2, 0.25) is 0 Å². The summed E-state index contributed by atoms with van der Waals surface area (Å²) in [6, 6.07) is 26.0. The Hall–Kier alpha value is -2.80. The van der Waals surface area contributed by atoms with Crippen molar-refractivity contribution in [3.8, 4) is 0 Å². The zero-order valence-corrected chi connectivity index (χ0v) is 13.5. The summed E-state index contributed by atoms with van der Waals surface area (Å²) in [7, 11) is 2.14. The molecule has 112 valence electrons. The van der Waals surface area contributed by atoms with E-state index in [0.29, 0.717) is 0 Å². The molecule has 0 N–H and O–H groups in total. The van der Waals surface area contributed by atoms with Gasteiger partial charge in [-0.25, -0.2) is 0 Å². The van der Waals surface area contributed by atoms with Crippen LogP contribution in [0.1, 0.15) is 22.3 Å². The first-order valence-electron chi connectivity index (χ1n) is 7.95. The van der Waals surface area contributed by atoms with Crippen molar-refractivity contribution in [3.63, 3.8) is 0 Å². The van der Waals surface area contributed by atoms with Gasteiger partial charge in [0.25, 0.3) is 0 Å². The Morgan fingerprint density at radius 3 is 2.13 bits per heavy atom. The summed E-state index contributed by atoms with van der Waals surface area (Å²) < 4.78 is 0. The average molecular weight is 297 g/mol. The molecule has 0 unspecified atom stereocenters. The Morgan fingerprint density at radius 1 is 0.696 bits per heavy atom. The van der Waals surface area contributed by atoms with E-state index in [4.69, 9.17) is 0 Å². The van der Waals surface area contributed by atoms with Crippen molar-refractivity contribution < 1.29 is 0 Å². The molecular formula is C22H19N. The molecule has 1 aliphatic heterocycles. The number of fused-ring (bicyclic) bond motifs is 2. The van der Waals surface area contributed by atoms with Crippen molar-refractivity contribution in [1.29, 1.82) is 0 Å². The van der Waals surface area contributed by atoms with Crippen LogP contribution in [-0.4, -0.2) is 7.05 Å². The van der Waals surface area contributed by atoms with Gasteiger partial charge in [0.15, 0.2) is 0 Å². The van der Waals surface area contributed by atoms with Crippen LogP contribution in [0.4, 0.5) is 11.4 Å². The number of nitrogens with zero attached hydrogens (tertiary/aromatic N) is 1. The quantitative estimate of drug-likeness (QED) is 0.559. The Bertz CT molecular complexity index is 888. The average Bonchev–Trinajstić information content (AvgIpc) is 2.72. The summed E-state index contributed by atoms with van der Waals surface area (Å²) in [4.78, 5) is 2.28. The summed E-state index contributed by atoms with van der Waals surface area (Å²) in [5, 5.41) is 0. The molecule has 23 heavy (non-hydrogen) atoms. The Labute approximate surface area is 137 Å². The minimum Gasteiger partial charge on any atom is -0.344 e. The van der Waals surface area contributed by atoms with E-state index in [2.05, 4.69) is 97.7 Å². The highest BCUT2D eigenvalue weighted by molar-refractivity contribution is 6.00. The predicted octanol–water partition coefficient (Wildman–Crippen LogP) is 5.67. The molecule has 1 nitrogen and oxygen atoms in total. The molecule has 0 bridgehead atoms. The third kappa shape index (κ3) is 2.35. The molecule has 3 aromatic rings. The van der Waals surface area contributed by atoms with Crippen LogP contribution in [0.25, 0.3) is 11.6 Å². The van der Waals surface area contributed by atoms with Gasteiger partial charge >= 0.3 is 0 Å². The molecule has 3 aromatic carbocycles. The van der Waals surface area contributed by atoms with Crippen LogP contribution in [0.15, 0.2) is 72.8 Å². The standard InChI is InChI=1S/C22H19N/c1-16-11-13-17(14-12-16)20-15-18-7-3-5-9-21(18)23(2)22-10-6-4-8-19(20)22/h3-15H,1-2H3. The van der Waals surface area contributed by atoms with E-state index in [1.165, 1.54) is 39.2 Å². The zero-order chi connectivity index (χ0) is 15.8. The fourth-order valence-electron chi connectivity index (χ4n) is 3.24. The van der Waals surface area contributed by atoms with Gasteiger partial charge in [0.05, 0.1) is 0 Å². The van der Waals surface area contributed by atoms with Gasteiger partial charge in [-0.1, -0.05) is 66.2 Å². The number of anilines is 2. The SMILES string of the molecule is Cc1ccc(C2=Cc3ccccc3N(C)c3ccccc32)cc1. The van der Waals surface area contributed by atoms with Crippen LogP contribution in [0.3, 0.4) is 0 Å². The van der Waals surface area contributed by atoms with Crippen LogP contribution < -0.4 is 4.90 Å². The molecular weight excluding hydrogens is 278 g/mol. The molecule has 4 rings (SSSR count). The summed E-state index contributed by atoms with van der Waals surface area (Å²) in [5.41, 5.74) is 8.82. The molecule has 0 aliphatic carbocycles. The largest absolute Gasteiger partial charge is 0.344 e. The second-order valence-electron chi connectivity index (χ2n) is 6.06. The lowest BCUT2D eigenvalue weighted by Crippen LogP contribution is -2.11. The van der Waals surface area contributed by atoms with Crippen molar-refractivity contribution in [2.75, 3.05) is 11.9 Å². The van der Waals surface area contributed by atoms with E-state index < -0.39 is 0 Å². The number of benzene rings is 3. The number of rotatable bonds is 1.